The van der Waals surface area contributed by atoms with E-state index in [9.17, 15) is 0 Å². The van der Waals surface area contributed by atoms with E-state index >= 15 is 0 Å². The summed E-state index contributed by atoms with van der Waals surface area (Å²) < 4.78 is 5.99. The van der Waals surface area contributed by atoms with Gasteiger partial charge in [0.25, 0.3) is 0 Å². The third kappa shape index (κ3) is 7.40. The molecule has 0 heterocycles. The van der Waals surface area contributed by atoms with E-state index in [1.54, 1.807) is 0 Å². The molecular formula is C14H25OSiTi-. The van der Waals surface area contributed by atoms with Crippen LogP contribution in [0.1, 0.15) is 32.6 Å². The van der Waals surface area contributed by atoms with Gasteiger partial charge in [0.15, 0.2) is 0 Å². The van der Waals surface area contributed by atoms with Crippen LogP contribution in [-0.4, -0.2) is 21.5 Å². The molecule has 1 atom stereocenters. The third-order valence-electron chi connectivity index (χ3n) is 2.89. The Hall–Kier alpha value is 0.371. The van der Waals surface area contributed by atoms with E-state index in [-0.39, 0.29) is 21.7 Å². The molecule has 17 heavy (non-hydrogen) atoms. The summed E-state index contributed by atoms with van der Waals surface area (Å²) in [6.45, 7) is 7.93. The minimum Gasteiger partial charge on any atom is -0.377 e. The zero-order chi connectivity index (χ0) is 11.8. The maximum atomic E-state index is 5.99. The number of unbranched alkanes of at least 4 members (excludes halogenated alkanes) is 1. The number of hydrogen-bond acceptors (Lipinski definition) is 1. The largest absolute Gasteiger partial charge is 0.377 e. The van der Waals surface area contributed by atoms with Gasteiger partial charge in [-0.1, -0.05) is 32.5 Å². The molecule has 0 aromatic heterocycles. The third-order valence-corrected chi connectivity index (χ3v) is 4.38. The minimum atomic E-state index is -0.456. The van der Waals surface area contributed by atoms with Gasteiger partial charge in [-0.05, 0) is 12.8 Å². The van der Waals surface area contributed by atoms with Gasteiger partial charge in [-0.2, -0.15) is 11.6 Å². The number of rotatable bonds is 8. The van der Waals surface area contributed by atoms with Crippen LogP contribution in [0.2, 0.25) is 19.1 Å². The maximum Gasteiger partial charge on any atom is 0.0492 e. The summed E-state index contributed by atoms with van der Waals surface area (Å²) in [4.78, 5) is 0. The summed E-state index contributed by atoms with van der Waals surface area (Å²) >= 11 is 0. The first-order valence-corrected chi connectivity index (χ1v) is 9.75. The fourth-order valence-electron chi connectivity index (χ4n) is 1.83. The van der Waals surface area contributed by atoms with E-state index in [2.05, 4.69) is 38.2 Å². The van der Waals surface area contributed by atoms with Crippen molar-refractivity contribution in [3.8, 4) is 0 Å². The summed E-state index contributed by atoms with van der Waals surface area (Å²) in [6, 6.07) is 1.37. The van der Waals surface area contributed by atoms with Gasteiger partial charge in [-0.15, -0.1) is 6.42 Å². The van der Waals surface area contributed by atoms with Gasteiger partial charge in [0, 0.05) is 43.2 Å². The second-order valence-electron chi connectivity index (χ2n) is 4.92. The van der Waals surface area contributed by atoms with E-state index in [0.29, 0.717) is 6.10 Å². The quantitative estimate of drug-likeness (QED) is 0.375. The summed E-state index contributed by atoms with van der Waals surface area (Å²) in [5.41, 5.74) is 1.30. The predicted molar refractivity (Wildman–Crippen MR) is 73.5 cm³/mol. The molecule has 0 saturated heterocycles. The summed E-state index contributed by atoms with van der Waals surface area (Å²) in [5.74, 6) is 0. The molecule has 0 amide bonds. The zero-order valence-electron chi connectivity index (χ0n) is 11.5. The second kappa shape index (κ2) is 10.3. The molecule has 0 aliphatic heterocycles. The van der Waals surface area contributed by atoms with Crippen LogP contribution in [0.25, 0.3) is 0 Å². The Kier molecular flexibility index (Phi) is 10.5. The van der Waals surface area contributed by atoms with Crippen LogP contribution in [0.15, 0.2) is 17.7 Å². The fraction of sp³-hybridized carbons (Fsp3) is 0.714. The average molecular weight is 285 g/mol. The molecule has 96 valence electrons. The summed E-state index contributed by atoms with van der Waals surface area (Å²) in [6.07, 6.45) is 12.6. The van der Waals surface area contributed by atoms with E-state index in [4.69, 9.17) is 4.74 Å². The van der Waals surface area contributed by atoms with Crippen molar-refractivity contribution in [3.63, 3.8) is 0 Å². The molecule has 0 radical (unpaired) electrons. The van der Waals surface area contributed by atoms with E-state index in [1.165, 1.54) is 30.9 Å². The van der Waals surface area contributed by atoms with Gasteiger partial charge < -0.3 is 4.74 Å². The van der Waals surface area contributed by atoms with Crippen molar-refractivity contribution in [1.29, 1.82) is 0 Å². The van der Waals surface area contributed by atoms with Crippen LogP contribution in [0, 0.1) is 6.08 Å². The molecule has 0 aromatic carbocycles. The Bertz CT molecular complexity index is 249. The molecule has 1 rings (SSSR count). The van der Waals surface area contributed by atoms with Crippen molar-refractivity contribution < 1.29 is 26.5 Å². The standard InChI is InChI=1S/C14H25OSi.Ti/c1-4-5-11-15-14(10-12-16(2)3)13-8-6-7-9-13;/h6,8,14,16H,4-5,7,10-12H2,1-3H3;/q-1;. The predicted octanol–water partition coefficient (Wildman–Crippen LogP) is 3.74. The Morgan fingerprint density at radius 2 is 2.24 bits per heavy atom. The number of allylic oxidation sites excluding steroid dienone is 2. The smallest absolute Gasteiger partial charge is 0.0492 e. The first kappa shape index (κ1) is 17.4. The van der Waals surface area contributed by atoms with Gasteiger partial charge in [0.1, 0.15) is 0 Å². The van der Waals surface area contributed by atoms with Crippen LogP contribution < -0.4 is 0 Å². The van der Waals surface area contributed by atoms with Crippen molar-refractivity contribution in [1.82, 2.24) is 0 Å². The van der Waals surface area contributed by atoms with Crippen LogP contribution in [0.4, 0.5) is 0 Å². The van der Waals surface area contributed by atoms with Crippen molar-refractivity contribution in [2.45, 2.75) is 57.8 Å². The fourth-order valence-corrected chi connectivity index (χ4v) is 2.80. The van der Waals surface area contributed by atoms with Crippen LogP contribution >= 0.6 is 0 Å². The molecule has 1 aliphatic rings. The maximum absolute atomic E-state index is 5.99. The molecule has 1 aliphatic carbocycles. The van der Waals surface area contributed by atoms with Crippen LogP contribution in [-0.2, 0) is 26.5 Å². The molecule has 0 bridgehead atoms. The number of hydrogen-bond donors (Lipinski definition) is 0. The van der Waals surface area contributed by atoms with Gasteiger partial charge in [0.05, 0.1) is 0 Å². The van der Waals surface area contributed by atoms with Gasteiger partial charge >= 0.3 is 0 Å². The molecule has 0 fully saturated rings. The monoisotopic (exact) mass is 285 g/mol. The van der Waals surface area contributed by atoms with Gasteiger partial charge in [0.2, 0.25) is 0 Å². The molecule has 0 aromatic rings. The molecule has 0 saturated carbocycles. The van der Waals surface area contributed by atoms with Crippen molar-refractivity contribution in [3.05, 3.63) is 23.8 Å². The average Bonchev–Trinajstić information content (AvgIpc) is 2.76. The molecule has 0 spiro atoms. The SMILES string of the molecule is CCCCOC(CC[SiH](C)C)C1=[C-]CC=C1.[Ti]. The summed E-state index contributed by atoms with van der Waals surface area (Å²) in [7, 11) is -0.456. The Morgan fingerprint density at radius 3 is 2.76 bits per heavy atom. The zero-order valence-corrected chi connectivity index (χ0v) is 14.2. The van der Waals surface area contributed by atoms with Crippen LogP contribution in [0.5, 0.6) is 0 Å². The molecule has 1 unspecified atom stereocenters. The normalized spacial score (nSPS) is 15.9. The van der Waals surface area contributed by atoms with Crippen LogP contribution in [0.3, 0.4) is 0 Å². The Balaban J connectivity index is 0.00000256. The first-order chi connectivity index (χ1) is 7.74. The van der Waals surface area contributed by atoms with E-state index < -0.39 is 8.80 Å². The van der Waals surface area contributed by atoms with Gasteiger partial charge in [-0.3, -0.25) is 6.08 Å². The number of ether oxygens (including phenoxy) is 1. The Labute approximate surface area is 123 Å². The Morgan fingerprint density at radius 1 is 1.47 bits per heavy atom. The topological polar surface area (TPSA) is 9.23 Å². The van der Waals surface area contributed by atoms with Crippen molar-refractivity contribution >= 4 is 8.80 Å². The van der Waals surface area contributed by atoms with Gasteiger partial charge in [-0.25, -0.2) is 6.08 Å². The minimum absolute atomic E-state index is 0. The molecular weight excluding hydrogens is 260 g/mol. The van der Waals surface area contributed by atoms with Crippen molar-refractivity contribution in [2.75, 3.05) is 6.61 Å². The van der Waals surface area contributed by atoms with Crippen molar-refractivity contribution in [2.24, 2.45) is 0 Å². The summed E-state index contributed by atoms with van der Waals surface area (Å²) in [5, 5.41) is 0. The molecule has 1 nitrogen and oxygen atoms in total. The molecule has 3 heteroatoms. The van der Waals surface area contributed by atoms with E-state index in [1.807, 2.05) is 0 Å². The second-order valence-corrected chi connectivity index (χ2v) is 8.29. The van der Waals surface area contributed by atoms with E-state index in [0.717, 1.165) is 13.0 Å². The first-order valence-electron chi connectivity index (χ1n) is 6.63. The molecule has 0 N–H and O–H groups in total.